The lowest BCUT2D eigenvalue weighted by Crippen LogP contribution is -2.11. The molecule has 1 unspecified atom stereocenters. The maximum absolute atomic E-state index is 6.27. The summed E-state index contributed by atoms with van der Waals surface area (Å²) in [5.74, 6) is 0.693. The fraction of sp³-hybridized carbons (Fsp3) is 0.375. The third-order valence-corrected chi connectivity index (χ3v) is 4.20. The van der Waals surface area contributed by atoms with Gasteiger partial charge in [0.1, 0.15) is 0 Å². The van der Waals surface area contributed by atoms with Crippen LogP contribution in [0.5, 0.6) is 0 Å². The van der Waals surface area contributed by atoms with E-state index in [4.69, 9.17) is 17.3 Å². The summed E-state index contributed by atoms with van der Waals surface area (Å²) in [7, 11) is 0. The number of nitrogens with two attached hydrogens (primary N) is 1. The van der Waals surface area contributed by atoms with E-state index in [-0.39, 0.29) is 6.04 Å². The molecule has 1 heterocycles. The third-order valence-electron chi connectivity index (χ3n) is 3.85. The first-order chi connectivity index (χ1) is 9.13. The monoisotopic (exact) mass is 274 g/mol. The second kappa shape index (κ2) is 5.03. The molecule has 3 rings (SSSR count). The molecule has 100 valence electrons. The molecule has 0 amide bonds. The minimum atomic E-state index is 0.203. The van der Waals surface area contributed by atoms with E-state index in [0.29, 0.717) is 5.92 Å². The standard InChI is InChI=1S/C16H19ClN2/c1-11-2-3-13(15(17)8-11)9-19-7-6-14(10-19)16(18)12-4-5-12/h2-3,6-8,10,12,16H,4-5,9,18H2,1H3. The number of rotatable bonds is 4. The quantitative estimate of drug-likeness (QED) is 0.900. The Morgan fingerprint density at radius 1 is 1.37 bits per heavy atom. The summed E-state index contributed by atoms with van der Waals surface area (Å²) < 4.78 is 2.16. The predicted octanol–water partition coefficient (Wildman–Crippen LogP) is 3.91. The van der Waals surface area contributed by atoms with Crippen LogP contribution in [0.2, 0.25) is 5.02 Å². The van der Waals surface area contributed by atoms with E-state index < -0.39 is 0 Å². The summed E-state index contributed by atoms with van der Waals surface area (Å²) in [6, 6.07) is 8.54. The largest absolute Gasteiger partial charge is 0.350 e. The molecule has 0 saturated heterocycles. The second-order valence-corrected chi connectivity index (χ2v) is 5.98. The summed E-state index contributed by atoms with van der Waals surface area (Å²) in [6.07, 6.45) is 6.79. The van der Waals surface area contributed by atoms with Gasteiger partial charge < -0.3 is 10.3 Å². The van der Waals surface area contributed by atoms with E-state index in [9.17, 15) is 0 Å². The van der Waals surface area contributed by atoms with E-state index in [1.807, 2.05) is 6.07 Å². The van der Waals surface area contributed by atoms with Crippen LogP contribution in [0.4, 0.5) is 0 Å². The lowest BCUT2D eigenvalue weighted by atomic mass is 10.1. The van der Waals surface area contributed by atoms with Gasteiger partial charge in [0.15, 0.2) is 0 Å². The zero-order chi connectivity index (χ0) is 13.4. The van der Waals surface area contributed by atoms with E-state index in [0.717, 1.165) is 17.1 Å². The van der Waals surface area contributed by atoms with Crippen molar-refractivity contribution in [3.63, 3.8) is 0 Å². The normalized spacial score (nSPS) is 16.6. The Kier molecular flexibility index (Phi) is 3.38. The lowest BCUT2D eigenvalue weighted by molar-refractivity contribution is 0.631. The Morgan fingerprint density at radius 3 is 2.84 bits per heavy atom. The van der Waals surface area contributed by atoms with Gasteiger partial charge in [-0.25, -0.2) is 0 Å². The van der Waals surface area contributed by atoms with Crippen molar-refractivity contribution in [1.82, 2.24) is 4.57 Å². The minimum Gasteiger partial charge on any atom is -0.350 e. The zero-order valence-corrected chi connectivity index (χ0v) is 11.9. The van der Waals surface area contributed by atoms with Crippen LogP contribution in [-0.4, -0.2) is 4.57 Å². The van der Waals surface area contributed by atoms with Gasteiger partial charge in [-0.2, -0.15) is 0 Å². The number of hydrogen-bond acceptors (Lipinski definition) is 1. The molecule has 2 nitrogen and oxygen atoms in total. The molecule has 0 bridgehead atoms. The molecule has 0 spiro atoms. The van der Waals surface area contributed by atoms with E-state index >= 15 is 0 Å². The molecule has 1 fully saturated rings. The van der Waals surface area contributed by atoms with E-state index in [1.165, 1.54) is 24.0 Å². The molecule has 0 radical (unpaired) electrons. The Labute approximate surface area is 119 Å². The molecule has 1 aliphatic rings. The topological polar surface area (TPSA) is 30.9 Å². The van der Waals surface area contributed by atoms with Crippen molar-refractivity contribution in [1.29, 1.82) is 0 Å². The highest BCUT2D eigenvalue weighted by Crippen LogP contribution is 2.39. The fourth-order valence-corrected chi connectivity index (χ4v) is 2.75. The molecule has 1 aromatic carbocycles. The van der Waals surface area contributed by atoms with Gasteiger partial charge in [0.2, 0.25) is 0 Å². The Bertz CT molecular complexity index is 584. The van der Waals surface area contributed by atoms with Gasteiger partial charge in [-0.1, -0.05) is 23.7 Å². The summed E-state index contributed by atoms with van der Waals surface area (Å²) in [5.41, 5.74) is 9.80. The van der Waals surface area contributed by atoms with E-state index in [2.05, 4.69) is 42.1 Å². The average molecular weight is 275 g/mol. The van der Waals surface area contributed by atoms with Crippen LogP contribution < -0.4 is 5.73 Å². The van der Waals surface area contributed by atoms with Gasteiger partial charge in [0.05, 0.1) is 0 Å². The average Bonchev–Trinajstić information content (AvgIpc) is 3.12. The summed E-state index contributed by atoms with van der Waals surface area (Å²) in [5, 5.41) is 0.835. The Morgan fingerprint density at radius 2 is 2.16 bits per heavy atom. The molecule has 2 N–H and O–H groups in total. The second-order valence-electron chi connectivity index (χ2n) is 5.58. The SMILES string of the molecule is Cc1ccc(Cn2ccc(C(N)C3CC3)c2)c(Cl)c1. The highest BCUT2D eigenvalue weighted by Gasteiger charge is 2.29. The first-order valence-electron chi connectivity index (χ1n) is 6.80. The molecule has 1 aliphatic carbocycles. The van der Waals surface area contributed by atoms with Crippen LogP contribution in [0.15, 0.2) is 36.7 Å². The smallest absolute Gasteiger partial charge is 0.0485 e. The lowest BCUT2D eigenvalue weighted by Gasteiger charge is -2.08. The van der Waals surface area contributed by atoms with Gasteiger partial charge in [0.25, 0.3) is 0 Å². The van der Waals surface area contributed by atoms with Crippen molar-refractivity contribution in [2.24, 2.45) is 11.7 Å². The summed E-state index contributed by atoms with van der Waals surface area (Å²) in [6.45, 7) is 2.86. The number of benzene rings is 1. The Balaban J connectivity index is 1.76. The van der Waals surface area contributed by atoms with Crippen molar-refractivity contribution < 1.29 is 0 Å². The van der Waals surface area contributed by atoms with Gasteiger partial charge in [-0.3, -0.25) is 0 Å². The van der Waals surface area contributed by atoms with Crippen LogP contribution in [0, 0.1) is 12.8 Å². The molecule has 3 heteroatoms. The van der Waals surface area contributed by atoms with Crippen molar-refractivity contribution in [3.05, 3.63) is 58.4 Å². The molecule has 19 heavy (non-hydrogen) atoms. The van der Waals surface area contributed by atoms with Crippen LogP contribution in [-0.2, 0) is 6.54 Å². The van der Waals surface area contributed by atoms with Crippen LogP contribution >= 0.6 is 11.6 Å². The fourth-order valence-electron chi connectivity index (χ4n) is 2.46. The van der Waals surface area contributed by atoms with Gasteiger partial charge in [-0.15, -0.1) is 0 Å². The van der Waals surface area contributed by atoms with Crippen molar-refractivity contribution >= 4 is 11.6 Å². The third kappa shape index (κ3) is 2.85. The molecule has 2 aromatic rings. The Hall–Kier alpha value is -1.25. The van der Waals surface area contributed by atoms with Gasteiger partial charge in [0, 0.05) is 30.0 Å². The first-order valence-corrected chi connectivity index (χ1v) is 7.17. The maximum Gasteiger partial charge on any atom is 0.0485 e. The van der Waals surface area contributed by atoms with Crippen LogP contribution in [0.1, 0.15) is 35.6 Å². The maximum atomic E-state index is 6.27. The summed E-state index contributed by atoms with van der Waals surface area (Å²) in [4.78, 5) is 0. The van der Waals surface area contributed by atoms with Crippen LogP contribution in [0.3, 0.4) is 0 Å². The zero-order valence-electron chi connectivity index (χ0n) is 11.1. The predicted molar refractivity (Wildman–Crippen MR) is 79.4 cm³/mol. The minimum absolute atomic E-state index is 0.203. The van der Waals surface area contributed by atoms with Crippen LogP contribution in [0.25, 0.3) is 0 Å². The number of nitrogens with zero attached hydrogens (tertiary/aromatic N) is 1. The number of aromatic nitrogens is 1. The molecule has 1 aromatic heterocycles. The highest BCUT2D eigenvalue weighted by atomic mass is 35.5. The van der Waals surface area contributed by atoms with Crippen molar-refractivity contribution in [3.8, 4) is 0 Å². The number of halogens is 1. The van der Waals surface area contributed by atoms with Crippen molar-refractivity contribution in [2.75, 3.05) is 0 Å². The number of hydrogen-bond donors (Lipinski definition) is 1. The molecule has 1 atom stereocenters. The first kappa shape index (κ1) is 12.8. The molecule has 0 aliphatic heterocycles. The van der Waals surface area contributed by atoms with Crippen molar-refractivity contribution in [2.45, 2.75) is 32.4 Å². The highest BCUT2D eigenvalue weighted by molar-refractivity contribution is 6.31. The summed E-state index contributed by atoms with van der Waals surface area (Å²) >= 11 is 6.27. The molecular formula is C16H19ClN2. The van der Waals surface area contributed by atoms with E-state index in [1.54, 1.807) is 0 Å². The molecule has 1 saturated carbocycles. The van der Waals surface area contributed by atoms with Gasteiger partial charge >= 0.3 is 0 Å². The van der Waals surface area contributed by atoms with Gasteiger partial charge in [-0.05, 0) is 54.5 Å². The number of aryl methyl sites for hydroxylation is 1. The molecular weight excluding hydrogens is 256 g/mol.